The zero-order chi connectivity index (χ0) is 8.53. The minimum absolute atomic E-state index is 0.244. The van der Waals surface area contributed by atoms with Gasteiger partial charge in [0.15, 0.2) is 8.69 Å². The lowest BCUT2D eigenvalue weighted by Crippen LogP contribution is -2.05. The van der Waals surface area contributed by atoms with E-state index in [9.17, 15) is 4.57 Å². The first-order chi connectivity index (χ1) is 5.35. The number of unbranched alkanes of at least 4 members (excludes halogenated alkanes) is 2. The highest BCUT2D eigenvalue weighted by molar-refractivity contribution is 7.17. The molecule has 2 nitrogen and oxygen atoms in total. The first kappa shape index (κ1) is 11.2. The maximum atomic E-state index is 10.2. The molecule has 0 N–H and O–H groups in total. The molecular weight excluding hydrogens is 159 g/mol. The average molecular weight is 178 g/mol. The van der Waals surface area contributed by atoms with E-state index >= 15 is 0 Å². The first-order valence-corrected chi connectivity index (χ1v) is 5.38. The van der Waals surface area contributed by atoms with Gasteiger partial charge in [-0.1, -0.05) is 33.1 Å². The Morgan fingerprint density at radius 3 is 2.55 bits per heavy atom. The SMILES string of the molecule is CCCCCC(CC)O[PH2]=O. The Morgan fingerprint density at radius 1 is 1.36 bits per heavy atom. The van der Waals surface area contributed by atoms with Gasteiger partial charge in [0, 0.05) is 0 Å². The molecule has 0 aromatic rings. The highest BCUT2D eigenvalue weighted by Crippen LogP contribution is 2.14. The molecule has 2 atom stereocenters. The molecule has 0 rings (SSSR count). The summed E-state index contributed by atoms with van der Waals surface area (Å²) >= 11 is 0. The molecule has 0 amide bonds. The third kappa shape index (κ3) is 6.58. The van der Waals surface area contributed by atoms with Crippen LogP contribution in [0.1, 0.15) is 46.0 Å². The van der Waals surface area contributed by atoms with Crippen LogP contribution in [0.5, 0.6) is 0 Å². The molecule has 0 saturated heterocycles. The lowest BCUT2D eigenvalue weighted by molar-refractivity contribution is 0.203. The van der Waals surface area contributed by atoms with Crippen molar-refractivity contribution in [1.29, 1.82) is 0 Å². The van der Waals surface area contributed by atoms with Gasteiger partial charge in [-0.15, -0.1) is 0 Å². The lowest BCUT2D eigenvalue weighted by atomic mass is 10.1. The van der Waals surface area contributed by atoms with Crippen LogP contribution in [-0.4, -0.2) is 6.10 Å². The van der Waals surface area contributed by atoms with Crippen molar-refractivity contribution in [3.8, 4) is 0 Å². The zero-order valence-corrected chi connectivity index (χ0v) is 8.66. The molecule has 0 aromatic heterocycles. The quantitative estimate of drug-likeness (QED) is 0.442. The van der Waals surface area contributed by atoms with Crippen molar-refractivity contribution in [1.82, 2.24) is 0 Å². The minimum Gasteiger partial charge on any atom is -0.329 e. The molecule has 11 heavy (non-hydrogen) atoms. The Hall–Kier alpha value is 0.190. The van der Waals surface area contributed by atoms with E-state index < -0.39 is 8.69 Å². The minimum atomic E-state index is -1.01. The maximum Gasteiger partial charge on any atom is 0.180 e. The van der Waals surface area contributed by atoms with E-state index in [-0.39, 0.29) is 6.10 Å². The summed E-state index contributed by atoms with van der Waals surface area (Å²) in [6.45, 7) is 4.26. The monoisotopic (exact) mass is 178 g/mol. The largest absolute Gasteiger partial charge is 0.329 e. The molecule has 3 heteroatoms. The Bertz CT molecular complexity index is 96.1. The molecule has 0 fully saturated rings. The van der Waals surface area contributed by atoms with E-state index in [1.165, 1.54) is 19.3 Å². The van der Waals surface area contributed by atoms with Gasteiger partial charge in [0.2, 0.25) is 0 Å². The second-order valence-corrected chi connectivity index (χ2v) is 3.22. The molecular formula is C8H19O2P. The summed E-state index contributed by atoms with van der Waals surface area (Å²) < 4.78 is 15.3. The second kappa shape index (κ2) is 8.29. The maximum absolute atomic E-state index is 10.2. The summed E-state index contributed by atoms with van der Waals surface area (Å²) in [5, 5.41) is 0. The molecule has 0 aromatic carbocycles. The van der Waals surface area contributed by atoms with Crippen LogP contribution in [0.4, 0.5) is 0 Å². The summed E-state index contributed by atoms with van der Waals surface area (Å²) in [4.78, 5) is 0. The number of rotatable bonds is 7. The second-order valence-electron chi connectivity index (χ2n) is 2.76. The Labute approximate surface area is 70.6 Å². The molecule has 0 bridgehead atoms. The lowest BCUT2D eigenvalue weighted by Gasteiger charge is -2.10. The van der Waals surface area contributed by atoms with Crippen molar-refractivity contribution in [2.24, 2.45) is 0 Å². The van der Waals surface area contributed by atoms with Crippen molar-refractivity contribution in [2.75, 3.05) is 0 Å². The third-order valence-corrected chi connectivity index (χ3v) is 2.33. The topological polar surface area (TPSA) is 26.3 Å². The van der Waals surface area contributed by atoms with Gasteiger partial charge in [0.1, 0.15) is 0 Å². The smallest absolute Gasteiger partial charge is 0.180 e. The van der Waals surface area contributed by atoms with E-state index in [1.54, 1.807) is 0 Å². The molecule has 2 unspecified atom stereocenters. The summed E-state index contributed by atoms with van der Waals surface area (Å²) in [7, 11) is -1.01. The molecule has 0 aliphatic heterocycles. The van der Waals surface area contributed by atoms with Gasteiger partial charge in [0.25, 0.3) is 0 Å². The Balaban J connectivity index is 3.27. The highest BCUT2D eigenvalue weighted by atomic mass is 31.1. The van der Waals surface area contributed by atoms with Gasteiger partial charge < -0.3 is 4.52 Å². The predicted octanol–water partition coefficient (Wildman–Crippen LogP) is 3.03. The Morgan fingerprint density at radius 2 is 2.09 bits per heavy atom. The fourth-order valence-corrected chi connectivity index (χ4v) is 1.55. The number of hydrogen-bond donors (Lipinski definition) is 0. The van der Waals surface area contributed by atoms with Crippen molar-refractivity contribution < 1.29 is 9.09 Å². The fourth-order valence-electron chi connectivity index (χ4n) is 1.07. The molecule has 0 aliphatic carbocycles. The predicted molar refractivity (Wildman–Crippen MR) is 49.7 cm³/mol. The van der Waals surface area contributed by atoms with Crippen LogP contribution < -0.4 is 0 Å². The first-order valence-electron chi connectivity index (χ1n) is 4.44. The summed E-state index contributed by atoms with van der Waals surface area (Å²) in [6, 6.07) is 0. The number of hydrogen-bond acceptors (Lipinski definition) is 2. The van der Waals surface area contributed by atoms with E-state index in [0.29, 0.717) is 0 Å². The van der Waals surface area contributed by atoms with Gasteiger partial charge in [-0.05, 0) is 12.8 Å². The van der Waals surface area contributed by atoms with Crippen molar-refractivity contribution in [3.63, 3.8) is 0 Å². The van der Waals surface area contributed by atoms with Crippen LogP contribution in [0.25, 0.3) is 0 Å². The van der Waals surface area contributed by atoms with Crippen molar-refractivity contribution >= 4 is 8.69 Å². The van der Waals surface area contributed by atoms with Crippen LogP contribution in [0, 0.1) is 0 Å². The van der Waals surface area contributed by atoms with Crippen LogP contribution >= 0.6 is 8.69 Å². The Kier molecular flexibility index (Phi) is 8.43. The molecule has 0 radical (unpaired) electrons. The molecule has 68 valence electrons. The molecule has 0 heterocycles. The molecule has 0 spiro atoms. The van der Waals surface area contributed by atoms with Gasteiger partial charge >= 0.3 is 0 Å². The average Bonchev–Trinajstić information content (AvgIpc) is 2.03. The normalized spacial score (nSPS) is 14.4. The van der Waals surface area contributed by atoms with Gasteiger partial charge in [-0.3, -0.25) is 4.57 Å². The van der Waals surface area contributed by atoms with Crippen LogP contribution in [0.3, 0.4) is 0 Å². The fraction of sp³-hybridized carbons (Fsp3) is 1.00. The summed E-state index contributed by atoms with van der Waals surface area (Å²) in [5.41, 5.74) is 0. The van der Waals surface area contributed by atoms with Crippen molar-refractivity contribution in [3.05, 3.63) is 0 Å². The van der Waals surface area contributed by atoms with Gasteiger partial charge in [-0.2, -0.15) is 0 Å². The third-order valence-electron chi connectivity index (χ3n) is 1.83. The van der Waals surface area contributed by atoms with E-state index in [4.69, 9.17) is 4.52 Å². The highest BCUT2D eigenvalue weighted by Gasteiger charge is 2.03. The van der Waals surface area contributed by atoms with Crippen LogP contribution in [-0.2, 0) is 9.09 Å². The van der Waals surface area contributed by atoms with Gasteiger partial charge in [-0.25, -0.2) is 0 Å². The van der Waals surface area contributed by atoms with Crippen LogP contribution in [0.15, 0.2) is 0 Å². The van der Waals surface area contributed by atoms with Crippen LogP contribution in [0.2, 0.25) is 0 Å². The summed E-state index contributed by atoms with van der Waals surface area (Å²) in [6.07, 6.45) is 6.00. The van der Waals surface area contributed by atoms with E-state index in [2.05, 4.69) is 13.8 Å². The molecule has 0 saturated carbocycles. The van der Waals surface area contributed by atoms with E-state index in [1.807, 2.05) is 0 Å². The standard InChI is InChI=1S/C8H19O2P/c1-3-5-6-7-8(4-2)10-11-9/h8H,3-7,11H2,1-2H3. The summed E-state index contributed by atoms with van der Waals surface area (Å²) in [5.74, 6) is 0. The van der Waals surface area contributed by atoms with Gasteiger partial charge in [0.05, 0.1) is 6.10 Å². The van der Waals surface area contributed by atoms with Crippen molar-refractivity contribution in [2.45, 2.75) is 52.1 Å². The molecule has 0 aliphatic rings. The zero-order valence-electron chi connectivity index (χ0n) is 7.51. The van der Waals surface area contributed by atoms with E-state index in [0.717, 1.165) is 12.8 Å².